The van der Waals surface area contributed by atoms with Crippen molar-refractivity contribution in [3.05, 3.63) is 17.5 Å². The van der Waals surface area contributed by atoms with Crippen LogP contribution in [0.25, 0.3) is 0 Å². The highest BCUT2D eigenvalue weighted by molar-refractivity contribution is 6.29. The Bertz CT molecular complexity index is 314. The number of nitrogens with zero attached hydrogens (tertiary/aromatic N) is 2. The van der Waals surface area contributed by atoms with Crippen LogP contribution in [0.2, 0.25) is 5.15 Å². The Morgan fingerprint density at radius 2 is 2.42 bits per heavy atom. The monoisotopic (exact) mass is 181 g/mol. The van der Waals surface area contributed by atoms with Crippen LogP contribution in [0.1, 0.15) is 6.92 Å². The number of hydrogen-bond donors (Lipinski definition) is 1. The second kappa shape index (κ2) is 4.58. The van der Waals surface area contributed by atoms with Gasteiger partial charge in [0.1, 0.15) is 11.0 Å². The van der Waals surface area contributed by atoms with E-state index in [1.165, 1.54) is 6.20 Å². The average molecular weight is 182 g/mol. The SMILES string of the molecule is CC#CCNc1cncc(Cl)n1. The van der Waals surface area contributed by atoms with E-state index in [2.05, 4.69) is 27.1 Å². The standard InChI is InChI=1S/C8H8ClN3/c1-2-3-4-11-8-6-10-5-7(9)12-8/h5-6H,4H2,1H3,(H,11,12). The molecule has 0 saturated carbocycles. The Morgan fingerprint density at radius 1 is 1.58 bits per heavy atom. The lowest BCUT2D eigenvalue weighted by Gasteiger charge is -1.98. The lowest BCUT2D eigenvalue weighted by atomic mass is 10.5. The smallest absolute Gasteiger partial charge is 0.149 e. The van der Waals surface area contributed by atoms with Gasteiger partial charge in [-0.2, -0.15) is 0 Å². The van der Waals surface area contributed by atoms with Gasteiger partial charge < -0.3 is 5.32 Å². The van der Waals surface area contributed by atoms with Gasteiger partial charge in [-0.1, -0.05) is 17.5 Å². The van der Waals surface area contributed by atoms with Crippen LogP contribution < -0.4 is 5.32 Å². The van der Waals surface area contributed by atoms with Crippen molar-refractivity contribution in [3.8, 4) is 11.8 Å². The molecule has 0 fully saturated rings. The predicted octanol–water partition coefficient (Wildman–Crippen LogP) is 1.57. The Morgan fingerprint density at radius 3 is 3.08 bits per heavy atom. The van der Waals surface area contributed by atoms with Crippen molar-refractivity contribution in [2.75, 3.05) is 11.9 Å². The number of hydrogen-bond acceptors (Lipinski definition) is 3. The molecule has 0 aliphatic heterocycles. The summed E-state index contributed by atoms with van der Waals surface area (Å²) in [5.41, 5.74) is 0. The quantitative estimate of drug-likeness (QED) is 0.704. The van der Waals surface area contributed by atoms with Gasteiger partial charge in [-0.15, -0.1) is 5.92 Å². The van der Waals surface area contributed by atoms with Crippen LogP contribution in [0.3, 0.4) is 0 Å². The van der Waals surface area contributed by atoms with Crippen molar-refractivity contribution in [2.45, 2.75) is 6.92 Å². The van der Waals surface area contributed by atoms with Crippen LogP contribution in [-0.2, 0) is 0 Å². The van der Waals surface area contributed by atoms with Crippen LogP contribution >= 0.6 is 11.6 Å². The maximum Gasteiger partial charge on any atom is 0.149 e. The highest BCUT2D eigenvalue weighted by Gasteiger charge is 1.92. The van der Waals surface area contributed by atoms with Gasteiger partial charge in [0.05, 0.1) is 18.9 Å². The molecule has 1 aromatic heterocycles. The van der Waals surface area contributed by atoms with Crippen LogP contribution in [-0.4, -0.2) is 16.5 Å². The molecule has 0 spiro atoms. The fraction of sp³-hybridized carbons (Fsp3) is 0.250. The van der Waals surface area contributed by atoms with E-state index in [0.717, 1.165) is 0 Å². The highest BCUT2D eigenvalue weighted by Crippen LogP contribution is 2.05. The second-order valence-electron chi connectivity index (χ2n) is 2.01. The Labute approximate surface area is 76.2 Å². The Kier molecular flexibility index (Phi) is 3.36. The second-order valence-corrected chi connectivity index (χ2v) is 2.39. The van der Waals surface area contributed by atoms with Crippen molar-refractivity contribution in [2.24, 2.45) is 0 Å². The summed E-state index contributed by atoms with van der Waals surface area (Å²) in [4.78, 5) is 7.83. The zero-order valence-electron chi connectivity index (χ0n) is 6.63. The van der Waals surface area contributed by atoms with E-state index in [4.69, 9.17) is 11.6 Å². The van der Waals surface area contributed by atoms with Crippen molar-refractivity contribution in [1.82, 2.24) is 9.97 Å². The van der Waals surface area contributed by atoms with Crippen LogP contribution in [0.5, 0.6) is 0 Å². The predicted molar refractivity (Wildman–Crippen MR) is 49.0 cm³/mol. The molecular weight excluding hydrogens is 174 g/mol. The zero-order chi connectivity index (χ0) is 8.81. The third-order valence-electron chi connectivity index (χ3n) is 1.14. The maximum atomic E-state index is 5.61. The topological polar surface area (TPSA) is 37.8 Å². The molecule has 0 amide bonds. The molecule has 0 aliphatic rings. The molecule has 0 atom stereocenters. The lowest BCUT2D eigenvalue weighted by molar-refractivity contribution is 1.17. The van der Waals surface area contributed by atoms with E-state index in [1.807, 2.05) is 0 Å². The number of rotatable bonds is 2. The highest BCUT2D eigenvalue weighted by atomic mass is 35.5. The third kappa shape index (κ3) is 2.77. The van der Waals surface area contributed by atoms with Gasteiger partial charge in [0, 0.05) is 0 Å². The Balaban J connectivity index is 2.55. The van der Waals surface area contributed by atoms with E-state index < -0.39 is 0 Å². The lowest BCUT2D eigenvalue weighted by Crippen LogP contribution is -2.01. The number of halogens is 1. The van der Waals surface area contributed by atoms with E-state index in [-0.39, 0.29) is 0 Å². The van der Waals surface area contributed by atoms with Gasteiger partial charge in [0.15, 0.2) is 0 Å². The van der Waals surface area contributed by atoms with Gasteiger partial charge in [-0.05, 0) is 6.92 Å². The number of anilines is 1. The molecule has 1 N–H and O–H groups in total. The van der Waals surface area contributed by atoms with Crippen molar-refractivity contribution in [3.63, 3.8) is 0 Å². The first-order chi connectivity index (χ1) is 5.83. The van der Waals surface area contributed by atoms with Crippen molar-refractivity contribution in [1.29, 1.82) is 0 Å². The first-order valence-corrected chi connectivity index (χ1v) is 3.82. The van der Waals surface area contributed by atoms with Gasteiger partial charge >= 0.3 is 0 Å². The van der Waals surface area contributed by atoms with Gasteiger partial charge in [-0.3, -0.25) is 4.98 Å². The minimum atomic E-state index is 0.379. The van der Waals surface area contributed by atoms with Gasteiger partial charge in [0.2, 0.25) is 0 Å². The third-order valence-corrected chi connectivity index (χ3v) is 1.32. The largest absolute Gasteiger partial charge is 0.358 e. The summed E-state index contributed by atoms with van der Waals surface area (Å²) in [5.74, 6) is 6.25. The molecule has 1 rings (SSSR count). The number of aromatic nitrogens is 2. The molecule has 0 bridgehead atoms. The van der Waals surface area contributed by atoms with E-state index >= 15 is 0 Å². The van der Waals surface area contributed by atoms with Crippen LogP contribution in [0.15, 0.2) is 12.4 Å². The molecule has 0 radical (unpaired) electrons. The first-order valence-electron chi connectivity index (χ1n) is 3.44. The van der Waals surface area contributed by atoms with E-state index in [9.17, 15) is 0 Å². The van der Waals surface area contributed by atoms with Crippen molar-refractivity contribution < 1.29 is 0 Å². The maximum absolute atomic E-state index is 5.61. The van der Waals surface area contributed by atoms with Gasteiger partial charge in [0.25, 0.3) is 0 Å². The normalized spacial score (nSPS) is 8.50. The van der Waals surface area contributed by atoms with E-state index in [1.54, 1.807) is 13.1 Å². The van der Waals surface area contributed by atoms with Crippen molar-refractivity contribution >= 4 is 17.4 Å². The summed E-state index contributed by atoms with van der Waals surface area (Å²) in [6, 6.07) is 0. The molecule has 1 heterocycles. The Hall–Kier alpha value is -1.27. The molecule has 0 aromatic carbocycles. The summed E-state index contributed by atoms with van der Waals surface area (Å²) < 4.78 is 0. The first kappa shape index (κ1) is 8.82. The molecule has 0 saturated heterocycles. The molecule has 3 nitrogen and oxygen atoms in total. The minimum Gasteiger partial charge on any atom is -0.358 e. The molecule has 12 heavy (non-hydrogen) atoms. The van der Waals surface area contributed by atoms with E-state index in [0.29, 0.717) is 17.5 Å². The fourth-order valence-corrected chi connectivity index (χ4v) is 0.798. The molecule has 0 unspecified atom stereocenters. The number of nitrogens with one attached hydrogen (secondary N) is 1. The molecule has 1 aromatic rings. The minimum absolute atomic E-state index is 0.379. The molecular formula is C8H8ClN3. The van der Waals surface area contributed by atoms with Crippen LogP contribution in [0.4, 0.5) is 5.82 Å². The molecule has 4 heteroatoms. The average Bonchev–Trinajstić information content (AvgIpc) is 2.05. The zero-order valence-corrected chi connectivity index (χ0v) is 7.39. The van der Waals surface area contributed by atoms with Gasteiger partial charge in [-0.25, -0.2) is 4.98 Å². The summed E-state index contributed by atoms with van der Waals surface area (Å²) >= 11 is 5.61. The summed E-state index contributed by atoms with van der Waals surface area (Å²) in [7, 11) is 0. The fourth-order valence-electron chi connectivity index (χ4n) is 0.650. The summed E-state index contributed by atoms with van der Waals surface area (Å²) in [5, 5.41) is 3.33. The van der Waals surface area contributed by atoms with Crippen LogP contribution in [0, 0.1) is 11.8 Å². The summed E-state index contributed by atoms with van der Waals surface area (Å²) in [6.07, 6.45) is 3.08. The molecule has 62 valence electrons. The molecule has 0 aliphatic carbocycles. The summed E-state index contributed by atoms with van der Waals surface area (Å²) in [6.45, 7) is 2.34.